The Morgan fingerprint density at radius 1 is 1.03 bits per heavy atom. The smallest absolute Gasteiger partial charge is 0.175 e. The lowest BCUT2D eigenvalue weighted by molar-refractivity contribution is 0.602. The van der Waals surface area contributed by atoms with Crippen LogP contribution in [0.25, 0.3) is 11.0 Å². The molecule has 0 spiro atoms. The SMILES string of the molecule is C[C@H](c1ccccc1)n1c(Cc2ccc(S(C)(=O)=O)cc2)nc2ccc(C#N)cc21. The van der Waals surface area contributed by atoms with E-state index in [1.165, 1.54) is 6.26 Å². The number of hydrogen-bond acceptors (Lipinski definition) is 4. The highest BCUT2D eigenvalue weighted by Crippen LogP contribution is 2.28. The van der Waals surface area contributed by atoms with E-state index in [2.05, 4.69) is 29.7 Å². The van der Waals surface area contributed by atoms with Crippen molar-refractivity contribution in [2.45, 2.75) is 24.3 Å². The van der Waals surface area contributed by atoms with Gasteiger partial charge in [-0.15, -0.1) is 0 Å². The number of benzene rings is 3. The average Bonchev–Trinajstić information content (AvgIpc) is 3.10. The van der Waals surface area contributed by atoms with Gasteiger partial charge in [0.1, 0.15) is 5.82 Å². The zero-order valence-corrected chi connectivity index (χ0v) is 17.6. The highest BCUT2D eigenvalue weighted by atomic mass is 32.2. The topological polar surface area (TPSA) is 75.8 Å². The Hall–Kier alpha value is -3.43. The second kappa shape index (κ2) is 7.77. The van der Waals surface area contributed by atoms with Gasteiger partial charge >= 0.3 is 0 Å². The zero-order valence-electron chi connectivity index (χ0n) is 16.8. The predicted molar refractivity (Wildman–Crippen MR) is 117 cm³/mol. The van der Waals surface area contributed by atoms with Crippen molar-refractivity contribution in [1.82, 2.24) is 9.55 Å². The van der Waals surface area contributed by atoms with Gasteiger partial charge in [0, 0.05) is 12.7 Å². The Bertz CT molecular complexity index is 1350. The van der Waals surface area contributed by atoms with E-state index in [9.17, 15) is 13.7 Å². The molecular weight excluding hydrogens is 394 g/mol. The normalized spacial score (nSPS) is 12.6. The first kappa shape index (κ1) is 19.9. The first-order chi connectivity index (χ1) is 14.4. The largest absolute Gasteiger partial charge is 0.320 e. The molecule has 0 aliphatic carbocycles. The van der Waals surface area contributed by atoms with Crippen molar-refractivity contribution in [3.8, 4) is 6.07 Å². The lowest BCUT2D eigenvalue weighted by atomic mass is 10.1. The summed E-state index contributed by atoms with van der Waals surface area (Å²) in [5.41, 5.74) is 4.45. The van der Waals surface area contributed by atoms with Crippen molar-refractivity contribution in [1.29, 1.82) is 5.26 Å². The van der Waals surface area contributed by atoms with Crippen LogP contribution in [0, 0.1) is 11.3 Å². The van der Waals surface area contributed by atoms with Crippen molar-refractivity contribution in [3.05, 3.63) is 95.3 Å². The van der Waals surface area contributed by atoms with Crippen LogP contribution < -0.4 is 0 Å². The van der Waals surface area contributed by atoms with Gasteiger partial charge in [0.25, 0.3) is 0 Å². The molecule has 1 aromatic heterocycles. The fourth-order valence-corrected chi connectivity index (χ4v) is 4.32. The minimum absolute atomic E-state index is 0.0236. The summed E-state index contributed by atoms with van der Waals surface area (Å²) >= 11 is 0. The van der Waals surface area contributed by atoms with Gasteiger partial charge in [-0.05, 0) is 48.4 Å². The summed E-state index contributed by atoms with van der Waals surface area (Å²) in [5, 5.41) is 9.35. The summed E-state index contributed by atoms with van der Waals surface area (Å²) in [6.45, 7) is 2.12. The molecule has 0 aliphatic heterocycles. The molecule has 0 fully saturated rings. The number of imidazole rings is 1. The van der Waals surface area contributed by atoms with Crippen LogP contribution in [0.15, 0.2) is 77.7 Å². The summed E-state index contributed by atoms with van der Waals surface area (Å²) in [7, 11) is -3.23. The van der Waals surface area contributed by atoms with Gasteiger partial charge in [-0.1, -0.05) is 42.5 Å². The number of aromatic nitrogens is 2. The fourth-order valence-electron chi connectivity index (χ4n) is 3.69. The highest BCUT2D eigenvalue weighted by Gasteiger charge is 2.18. The average molecular weight is 416 g/mol. The molecule has 1 heterocycles. The maximum absolute atomic E-state index is 11.7. The summed E-state index contributed by atoms with van der Waals surface area (Å²) in [6.07, 6.45) is 1.76. The molecule has 3 aromatic carbocycles. The molecule has 0 bridgehead atoms. The van der Waals surface area contributed by atoms with E-state index >= 15 is 0 Å². The highest BCUT2D eigenvalue weighted by molar-refractivity contribution is 7.90. The third-order valence-corrected chi connectivity index (χ3v) is 6.40. The molecule has 0 saturated heterocycles. The van der Waals surface area contributed by atoms with Gasteiger partial charge in [0.05, 0.1) is 33.6 Å². The molecule has 0 unspecified atom stereocenters. The minimum atomic E-state index is -3.23. The summed E-state index contributed by atoms with van der Waals surface area (Å²) in [5.74, 6) is 0.864. The molecule has 0 radical (unpaired) electrons. The van der Waals surface area contributed by atoms with Crippen molar-refractivity contribution < 1.29 is 8.42 Å². The van der Waals surface area contributed by atoms with E-state index in [-0.39, 0.29) is 6.04 Å². The molecule has 4 rings (SSSR count). The van der Waals surface area contributed by atoms with Crippen molar-refractivity contribution >= 4 is 20.9 Å². The Balaban J connectivity index is 1.82. The van der Waals surface area contributed by atoms with Gasteiger partial charge in [-0.3, -0.25) is 0 Å². The monoisotopic (exact) mass is 415 g/mol. The maximum Gasteiger partial charge on any atom is 0.175 e. The second-order valence-corrected chi connectivity index (χ2v) is 9.41. The van der Waals surface area contributed by atoms with Crippen molar-refractivity contribution in [2.75, 3.05) is 6.26 Å². The minimum Gasteiger partial charge on any atom is -0.320 e. The van der Waals surface area contributed by atoms with Crippen LogP contribution in [0.1, 0.15) is 35.5 Å². The molecular formula is C24H21N3O2S. The van der Waals surface area contributed by atoms with Crippen LogP contribution in [0.5, 0.6) is 0 Å². The number of rotatable bonds is 5. The molecule has 30 heavy (non-hydrogen) atoms. The lowest BCUT2D eigenvalue weighted by Crippen LogP contribution is -2.11. The molecule has 0 aliphatic rings. The molecule has 1 atom stereocenters. The predicted octanol–water partition coefficient (Wildman–Crippen LogP) is 4.51. The summed E-state index contributed by atoms with van der Waals surface area (Å²) in [4.78, 5) is 5.14. The van der Waals surface area contributed by atoms with E-state index < -0.39 is 9.84 Å². The summed E-state index contributed by atoms with van der Waals surface area (Å²) < 4.78 is 25.6. The standard InChI is InChI=1S/C24H21N3O2S/c1-17(20-6-4-3-5-7-20)27-23-14-19(16-25)10-13-22(23)26-24(27)15-18-8-11-21(12-9-18)30(2,28)29/h3-14,17H,15H2,1-2H3/t17-/m1/s1. The van der Waals surface area contributed by atoms with Crippen LogP contribution in [0.4, 0.5) is 0 Å². The van der Waals surface area contributed by atoms with Crippen LogP contribution in [0.2, 0.25) is 0 Å². The fraction of sp³-hybridized carbons (Fsp3) is 0.167. The van der Waals surface area contributed by atoms with E-state index in [4.69, 9.17) is 4.98 Å². The van der Waals surface area contributed by atoms with Crippen LogP contribution in [-0.4, -0.2) is 24.2 Å². The third-order valence-electron chi connectivity index (χ3n) is 5.27. The van der Waals surface area contributed by atoms with Crippen LogP contribution in [-0.2, 0) is 16.3 Å². The van der Waals surface area contributed by atoms with E-state index in [0.29, 0.717) is 16.9 Å². The van der Waals surface area contributed by atoms with Crippen molar-refractivity contribution in [2.24, 2.45) is 0 Å². The zero-order chi connectivity index (χ0) is 21.3. The Kier molecular flexibility index (Phi) is 5.15. The van der Waals surface area contributed by atoms with Gasteiger partial charge in [-0.25, -0.2) is 13.4 Å². The first-order valence-corrected chi connectivity index (χ1v) is 11.5. The second-order valence-electron chi connectivity index (χ2n) is 7.39. The maximum atomic E-state index is 11.7. The lowest BCUT2D eigenvalue weighted by Gasteiger charge is -2.18. The number of nitriles is 1. The molecule has 0 saturated carbocycles. The molecule has 6 heteroatoms. The molecule has 5 nitrogen and oxygen atoms in total. The number of sulfone groups is 1. The first-order valence-electron chi connectivity index (χ1n) is 9.62. The Morgan fingerprint density at radius 2 is 1.73 bits per heavy atom. The molecule has 0 N–H and O–H groups in total. The Morgan fingerprint density at radius 3 is 2.37 bits per heavy atom. The van der Waals surface area contributed by atoms with Gasteiger partial charge < -0.3 is 4.57 Å². The molecule has 0 amide bonds. The quantitative estimate of drug-likeness (QED) is 0.480. The number of nitrogens with zero attached hydrogens (tertiary/aromatic N) is 3. The summed E-state index contributed by atoms with van der Waals surface area (Å²) in [6, 6.07) is 24.8. The van der Waals surface area contributed by atoms with Crippen molar-refractivity contribution in [3.63, 3.8) is 0 Å². The number of fused-ring (bicyclic) bond motifs is 1. The number of hydrogen-bond donors (Lipinski definition) is 0. The van der Waals surface area contributed by atoms with Gasteiger partial charge in [0.2, 0.25) is 0 Å². The van der Waals surface area contributed by atoms with Gasteiger partial charge in [-0.2, -0.15) is 5.26 Å². The van der Waals surface area contributed by atoms with E-state index in [1.807, 2.05) is 42.5 Å². The van der Waals surface area contributed by atoms with E-state index in [0.717, 1.165) is 28.0 Å². The van der Waals surface area contributed by atoms with Crippen LogP contribution >= 0.6 is 0 Å². The Labute approximate surface area is 176 Å². The van der Waals surface area contributed by atoms with Gasteiger partial charge in [0.15, 0.2) is 9.84 Å². The third kappa shape index (κ3) is 3.85. The molecule has 150 valence electrons. The van der Waals surface area contributed by atoms with Crippen LogP contribution in [0.3, 0.4) is 0 Å². The molecule has 4 aromatic rings. The van der Waals surface area contributed by atoms with E-state index in [1.54, 1.807) is 18.2 Å².